The average Bonchev–Trinajstić information content (AvgIpc) is 3.14. The SMILES string of the molecule is Cc1ccn2ncc(C(=O)NC(c3ncc(C)s3)C3CC3)c2n1. The van der Waals surface area contributed by atoms with Gasteiger partial charge >= 0.3 is 0 Å². The van der Waals surface area contributed by atoms with Crippen LogP contribution in [0.15, 0.2) is 24.7 Å². The number of nitrogens with zero attached hydrogens (tertiary/aromatic N) is 4. The molecule has 1 amide bonds. The Labute approximate surface area is 137 Å². The lowest BCUT2D eigenvalue weighted by Crippen LogP contribution is -2.29. The van der Waals surface area contributed by atoms with E-state index in [0.717, 1.165) is 28.4 Å². The molecule has 6 nitrogen and oxygen atoms in total. The fraction of sp³-hybridized carbons (Fsp3) is 0.375. The van der Waals surface area contributed by atoms with E-state index in [1.807, 2.05) is 32.3 Å². The average molecular weight is 327 g/mol. The third-order valence-electron chi connectivity index (χ3n) is 4.04. The third kappa shape index (κ3) is 2.72. The van der Waals surface area contributed by atoms with E-state index in [1.165, 1.54) is 0 Å². The number of hydrogen-bond donors (Lipinski definition) is 1. The van der Waals surface area contributed by atoms with Gasteiger partial charge in [0.15, 0.2) is 5.65 Å². The zero-order chi connectivity index (χ0) is 16.0. The van der Waals surface area contributed by atoms with Gasteiger partial charge in [0.2, 0.25) is 0 Å². The van der Waals surface area contributed by atoms with Crippen LogP contribution in [0.25, 0.3) is 5.65 Å². The zero-order valence-corrected chi connectivity index (χ0v) is 13.8. The Hall–Kier alpha value is -2.28. The molecule has 0 bridgehead atoms. The van der Waals surface area contributed by atoms with Crippen LogP contribution in [0, 0.1) is 19.8 Å². The van der Waals surface area contributed by atoms with Gasteiger partial charge in [-0.3, -0.25) is 4.79 Å². The first-order valence-electron chi connectivity index (χ1n) is 7.66. The van der Waals surface area contributed by atoms with Gasteiger partial charge in [0, 0.05) is 23.0 Å². The molecule has 1 fully saturated rings. The van der Waals surface area contributed by atoms with E-state index in [-0.39, 0.29) is 11.9 Å². The van der Waals surface area contributed by atoms with Crippen molar-refractivity contribution >= 4 is 22.9 Å². The Bertz CT molecular complexity index is 880. The van der Waals surface area contributed by atoms with E-state index in [1.54, 1.807) is 22.0 Å². The molecule has 0 aromatic carbocycles. The summed E-state index contributed by atoms with van der Waals surface area (Å²) < 4.78 is 1.63. The first-order chi connectivity index (χ1) is 11.1. The lowest BCUT2D eigenvalue weighted by molar-refractivity contribution is 0.0933. The van der Waals surface area contributed by atoms with Crippen molar-refractivity contribution in [3.8, 4) is 0 Å². The van der Waals surface area contributed by atoms with E-state index in [0.29, 0.717) is 17.1 Å². The Morgan fingerprint density at radius 3 is 2.91 bits per heavy atom. The number of nitrogens with one attached hydrogen (secondary N) is 1. The maximum atomic E-state index is 12.7. The molecule has 0 saturated heterocycles. The van der Waals surface area contributed by atoms with Crippen molar-refractivity contribution in [3.05, 3.63) is 45.8 Å². The molecule has 1 aliphatic carbocycles. The number of fused-ring (bicyclic) bond motifs is 1. The standard InChI is InChI=1S/C16H17N5OS/c1-9-5-6-21-14(19-9)12(8-18-21)15(22)20-13(11-3-4-11)16-17-7-10(2)23-16/h5-8,11,13H,3-4H2,1-2H3,(H,20,22). The van der Waals surface area contributed by atoms with Gasteiger partial charge < -0.3 is 5.32 Å². The molecule has 0 spiro atoms. The van der Waals surface area contributed by atoms with E-state index in [2.05, 4.69) is 20.4 Å². The number of thiazole rings is 1. The molecule has 1 unspecified atom stereocenters. The number of aromatic nitrogens is 4. The highest BCUT2D eigenvalue weighted by atomic mass is 32.1. The molecule has 1 N–H and O–H groups in total. The molecule has 3 heterocycles. The number of amides is 1. The number of carbonyl (C=O) groups excluding carboxylic acids is 1. The minimum absolute atomic E-state index is 0.0130. The lowest BCUT2D eigenvalue weighted by atomic mass is 10.2. The Kier molecular flexibility index (Phi) is 3.37. The van der Waals surface area contributed by atoms with Crippen molar-refractivity contribution in [2.24, 2.45) is 5.92 Å². The van der Waals surface area contributed by atoms with Crippen LogP contribution >= 0.6 is 11.3 Å². The van der Waals surface area contributed by atoms with Gasteiger partial charge in [-0.15, -0.1) is 11.3 Å². The summed E-state index contributed by atoms with van der Waals surface area (Å²) in [6.45, 7) is 3.94. The number of carbonyl (C=O) groups is 1. The monoisotopic (exact) mass is 327 g/mol. The van der Waals surface area contributed by atoms with E-state index < -0.39 is 0 Å². The minimum Gasteiger partial charge on any atom is -0.342 e. The predicted octanol–water partition coefficient (Wildman–Crippen LogP) is 2.68. The van der Waals surface area contributed by atoms with Crippen LogP contribution in [0.3, 0.4) is 0 Å². The molecule has 3 aromatic heterocycles. The first kappa shape index (κ1) is 14.3. The smallest absolute Gasteiger partial charge is 0.257 e. The normalized spacial score (nSPS) is 15.7. The van der Waals surface area contributed by atoms with Crippen molar-refractivity contribution in [1.82, 2.24) is 24.9 Å². The summed E-state index contributed by atoms with van der Waals surface area (Å²) in [6.07, 6.45) is 7.53. The highest BCUT2D eigenvalue weighted by Crippen LogP contribution is 2.42. The molecule has 118 valence electrons. The Morgan fingerprint density at radius 2 is 2.22 bits per heavy atom. The molecule has 0 radical (unpaired) electrons. The van der Waals surface area contributed by atoms with Crippen LogP contribution in [0.5, 0.6) is 0 Å². The molecule has 3 aromatic rings. The number of hydrogen-bond acceptors (Lipinski definition) is 5. The molecule has 1 saturated carbocycles. The second-order valence-electron chi connectivity index (χ2n) is 5.99. The zero-order valence-electron chi connectivity index (χ0n) is 13.0. The molecule has 1 aliphatic rings. The van der Waals surface area contributed by atoms with Gasteiger partial charge in [-0.1, -0.05) is 0 Å². The molecule has 4 rings (SSSR count). The topological polar surface area (TPSA) is 72.2 Å². The van der Waals surface area contributed by atoms with Gasteiger partial charge in [-0.05, 0) is 38.7 Å². The number of rotatable bonds is 4. The van der Waals surface area contributed by atoms with Gasteiger partial charge in [0.1, 0.15) is 10.6 Å². The highest BCUT2D eigenvalue weighted by molar-refractivity contribution is 7.11. The molecule has 1 atom stereocenters. The summed E-state index contributed by atoms with van der Waals surface area (Å²) >= 11 is 1.65. The van der Waals surface area contributed by atoms with Crippen molar-refractivity contribution in [2.75, 3.05) is 0 Å². The summed E-state index contributed by atoms with van der Waals surface area (Å²) in [5, 5.41) is 8.33. The summed E-state index contributed by atoms with van der Waals surface area (Å²) in [6, 6.07) is 1.86. The van der Waals surface area contributed by atoms with Gasteiger partial charge in [-0.2, -0.15) is 5.10 Å². The number of aryl methyl sites for hydroxylation is 2. The summed E-state index contributed by atoms with van der Waals surface area (Å²) in [5.41, 5.74) is 1.96. The van der Waals surface area contributed by atoms with Gasteiger partial charge in [0.05, 0.1) is 12.2 Å². The second-order valence-corrected chi connectivity index (χ2v) is 7.26. The Morgan fingerprint density at radius 1 is 1.39 bits per heavy atom. The van der Waals surface area contributed by atoms with E-state index >= 15 is 0 Å². The fourth-order valence-corrected chi connectivity index (χ4v) is 3.58. The fourth-order valence-electron chi connectivity index (χ4n) is 2.66. The highest BCUT2D eigenvalue weighted by Gasteiger charge is 2.35. The lowest BCUT2D eigenvalue weighted by Gasteiger charge is -2.15. The molecular weight excluding hydrogens is 310 g/mol. The molecule has 23 heavy (non-hydrogen) atoms. The van der Waals surface area contributed by atoms with E-state index in [4.69, 9.17) is 0 Å². The maximum absolute atomic E-state index is 12.7. The largest absolute Gasteiger partial charge is 0.342 e. The summed E-state index contributed by atoms with van der Waals surface area (Å²) in [5.74, 6) is 0.351. The third-order valence-corrected chi connectivity index (χ3v) is 5.03. The van der Waals surface area contributed by atoms with Crippen LogP contribution in [-0.4, -0.2) is 25.5 Å². The molecule has 0 aliphatic heterocycles. The molecular formula is C16H17N5OS. The van der Waals surface area contributed by atoms with Crippen LogP contribution < -0.4 is 5.32 Å². The van der Waals surface area contributed by atoms with E-state index in [9.17, 15) is 4.79 Å². The minimum atomic E-state index is -0.136. The van der Waals surface area contributed by atoms with Crippen LogP contribution in [0.1, 0.15) is 44.8 Å². The van der Waals surface area contributed by atoms with Crippen molar-refractivity contribution in [3.63, 3.8) is 0 Å². The summed E-state index contributed by atoms with van der Waals surface area (Å²) in [4.78, 5) is 22.8. The van der Waals surface area contributed by atoms with Crippen molar-refractivity contribution < 1.29 is 4.79 Å². The van der Waals surface area contributed by atoms with Crippen molar-refractivity contribution in [1.29, 1.82) is 0 Å². The van der Waals surface area contributed by atoms with Gasteiger partial charge in [-0.25, -0.2) is 14.5 Å². The van der Waals surface area contributed by atoms with Crippen LogP contribution in [0.2, 0.25) is 0 Å². The summed E-state index contributed by atoms with van der Waals surface area (Å²) in [7, 11) is 0. The molecule has 7 heteroatoms. The van der Waals surface area contributed by atoms with Crippen LogP contribution in [-0.2, 0) is 0 Å². The maximum Gasteiger partial charge on any atom is 0.257 e. The Balaban J connectivity index is 1.63. The predicted molar refractivity (Wildman–Crippen MR) is 87.5 cm³/mol. The van der Waals surface area contributed by atoms with Crippen LogP contribution in [0.4, 0.5) is 0 Å². The van der Waals surface area contributed by atoms with Gasteiger partial charge in [0.25, 0.3) is 5.91 Å². The second kappa shape index (κ2) is 5.42. The quantitative estimate of drug-likeness (QED) is 0.799. The van der Waals surface area contributed by atoms with Crippen molar-refractivity contribution in [2.45, 2.75) is 32.7 Å². The first-order valence-corrected chi connectivity index (χ1v) is 8.47.